The van der Waals surface area contributed by atoms with Gasteiger partial charge in [0, 0.05) is 6.04 Å². The Morgan fingerprint density at radius 3 is 2.78 bits per heavy atom. The summed E-state index contributed by atoms with van der Waals surface area (Å²) < 4.78 is 6.75. The molecule has 1 unspecified atom stereocenters. The summed E-state index contributed by atoms with van der Waals surface area (Å²) in [6.45, 7) is 2.61. The first-order valence-electron chi connectivity index (χ1n) is 5.83. The lowest BCUT2D eigenvalue weighted by Crippen LogP contribution is -2.17. The number of nitrogens with two attached hydrogens (primary N) is 1. The maximum atomic E-state index is 5.79. The minimum Gasteiger partial charge on any atom is -0.488 e. The van der Waals surface area contributed by atoms with Gasteiger partial charge in [0.25, 0.3) is 0 Å². The monoisotopic (exact) mass is 325 g/mol. The summed E-state index contributed by atoms with van der Waals surface area (Å²) in [7, 11) is 0. The number of halogens is 1. The van der Waals surface area contributed by atoms with E-state index >= 15 is 0 Å². The summed E-state index contributed by atoms with van der Waals surface area (Å²) in [4.78, 5) is 0. The van der Waals surface area contributed by atoms with E-state index in [1.807, 2.05) is 13.0 Å². The summed E-state index contributed by atoms with van der Waals surface area (Å²) in [6.07, 6.45) is 0.878. The lowest BCUT2D eigenvalue weighted by Gasteiger charge is -2.10. The Labute approximate surface area is 120 Å². The second-order valence-electron chi connectivity index (χ2n) is 4.37. The lowest BCUT2D eigenvalue weighted by atomic mass is 10.1. The summed E-state index contributed by atoms with van der Waals surface area (Å²) in [5.74, 6) is 0.870. The molecule has 18 heavy (non-hydrogen) atoms. The standard InChI is InChI=1S/C14H16BrNOS/c1-10(16)6-11-2-3-14(13(15)7-11)17-8-12-4-5-18-9-12/h2-5,7,9-10H,6,8,16H2,1H3. The molecule has 0 aliphatic carbocycles. The molecule has 0 saturated heterocycles. The summed E-state index contributed by atoms with van der Waals surface area (Å²) >= 11 is 5.22. The molecule has 0 bridgehead atoms. The largest absolute Gasteiger partial charge is 0.488 e. The Balaban J connectivity index is 2.01. The van der Waals surface area contributed by atoms with Crippen LogP contribution in [0.5, 0.6) is 5.75 Å². The van der Waals surface area contributed by atoms with E-state index in [1.54, 1.807) is 11.3 Å². The van der Waals surface area contributed by atoms with Crippen LogP contribution >= 0.6 is 27.3 Å². The molecule has 2 N–H and O–H groups in total. The van der Waals surface area contributed by atoms with Crippen molar-refractivity contribution < 1.29 is 4.74 Å². The highest BCUT2D eigenvalue weighted by Gasteiger charge is 2.05. The van der Waals surface area contributed by atoms with E-state index in [0.717, 1.165) is 16.6 Å². The molecule has 4 heteroatoms. The van der Waals surface area contributed by atoms with Gasteiger partial charge in [-0.05, 0) is 69.4 Å². The fourth-order valence-electron chi connectivity index (χ4n) is 1.70. The van der Waals surface area contributed by atoms with Gasteiger partial charge in [-0.3, -0.25) is 0 Å². The molecule has 0 fully saturated rings. The third-order valence-corrected chi connectivity index (χ3v) is 3.88. The molecule has 2 aromatic rings. The number of hydrogen-bond donors (Lipinski definition) is 1. The van der Waals surface area contributed by atoms with Gasteiger partial charge in [-0.25, -0.2) is 0 Å². The molecule has 0 amide bonds. The van der Waals surface area contributed by atoms with Gasteiger partial charge in [-0.1, -0.05) is 6.07 Å². The average molecular weight is 326 g/mol. The molecule has 1 aromatic carbocycles. The number of rotatable bonds is 5. The zero-order valence-corrected chi connectivity index (χ0v) is 12.6. The van der Waals surface area contributed by atoms with Crippen LogP contribution in [-0.4, -0.2) is 6.04 Å². The van der Waals surface area contributed by atoms with Gasteiger partial charge in [0.15, 0.2) is 0 Å². The van der Waals surface area contributed by atoms with Crippen LogP contribution < -0.4 is 10.5 Å². The topological polar surface area (TPSA) is 35.2 Å². The van der Waals surface area contributed by atoms with Gasteiger partial charge < -0.3 is 10.5 Å². The number of ether oxygens (including phenoxy) is 1. The first-order valence-corrected chi connectivity index (χ1v) is 7.56. The zero-order chi connectivity index (χ0) is 13.0. The van der Waals surface area contributed by atoms with Crippen molar-refractivity contribution in [3.8, 4) is 5.75 Å². The minimum absolute atomic E-state index is 0.175. The van der Waals surface area contributed by atoms with Gasteiger partial charge in [-0.15, -0.1) is 0 Å². The van der Waals surface area contributed by atoms with Crippen LogP contribution in [-0.2, 0) is 13.0 Å². The quantitative estimate of drug-likeness (QED) is 0.902. The van der Waals surface area contributed by atoms with Crippen molar-refractivity contribution in [2.45, 2.75) is 26.0 Å². The Morgan fingerprint density at radius 2 is 2.17 bits per heavy atom. The van der Waals surface area contributed by atoms with Crippen LogP contribution in [0.1, 0.15) is 18.1 Å². The normalized spacial score (nSPS) is 12.4. The molecular formula is C14H16BrNOS. The summed E-state index contributed by atoms with van der Waals surface area (Å²) in [6, 6.07) is 8.38. The van der Waals surface area contributed by atoms with Crippen molar-refractivity contribution in [2.75, 3.05) is 0 Å². The molecule has 2 rings (SSSR count). The van der Waals surface area contributed by atoms with Crippen molar-refractivity contribution >= 4 is 27.3 Å². The SMILES string of the molecule is CC(N)Cc1ccc(OCc2ccsc2)c(Br)c1. The van der Waals surface area contributed by atoms with Crippen molar-refractivity contribution in [3.05, 3.63) is 50.6 Å². The van der Waals surface area contributed by atoms with E-state index in [9.17, 15) is 0 Å². The Kier molecular flexibility index (Phi) is 4.80. The predicted octanol–water partition coefficient (Wildman–Crippen LogP) is 3.98. The van der Waals surface area contributed by atoms with E-state index < -0.39 is 0 Å². The highest BCUT2D eigenvalue weighted by Crippen LogP contribution is 2.27. The second kappa shape index (κ2) is 6.36. The van der Waals surface area contributed by atoms with Crippen LogP contribution in [0.15, 0.2) is 39.5 Å². The van der Waals surface area contributed by atoms with Crippen LogP contribution in [0, 0.1) is 0 Å². The summed E-state index contributed by atoms with van der Waals surface area (Å²) in [5, 5.41) is 4.15. The first kappa shape index (κ1) is 13.6. The van der Waals surface area contributed by atoms with Crippen LogP contribution in [0.25, 0.3) is 0 Å². The van der Waals surface area contributed by atoms with Crippen LogP contribution in [0.4, 0.5) is 0 Å². The number of hydrogen-bond acceptors (Lipinski definition) is 3. The van der Waals surface area contributed by atoms with Crippen molar-refractivity contribution in [1.82, 2.24) is 0 Å². The van der Waals surface area contributed by atoms with Gasteiger partial charge >= 0.3 is 0 Å². The molecule has 0 aliphatic rings. The van der Waals surface area contributed by atoms with E-state index in [-0.39, 0.29) is 6.04 Å². The molecular weight excluding hydrogens is 310 g/mol. The smallest absolute Gasteiger partial charge is 0.134 e. The minimum atomic E-state index is 0.175. The zero-order valence-electron chi connectivity index (χ0n) is 10.2. The number of thiophene rings is 1. The molecule has 0 spiro atoms. The Morgan fingerprint density at radius 1 is 1.33 bits per heavy atom. The van der Waals surface area contributed by atoms with Crippen LogP contribution in [0.3, 0.4) is 0 Å². The molecule has 1 aromatic heterocycles. The number of benzene rings is 1. The molecule has 1 atom stereocenters. The van der Waals surface area contributed by atoms with Gasteiger partial charge in [-0.2, -0.15) is 11.3 Å². The Hall–Kier alpha value is -0.840. The molecule has 0 aliphatic heterocycles. The van der Waals surface area contributed by atoms with E-state index in [4.69, 9.17) is 10.5 Å². The third kappa shape index (κ3) is 3.83. The van der Waals surface area contributed by atoms with E-state index in [2.05, 4.69) is 44.9 Å². The van der Waals surface area contributed by atoms with Gasteiger partial charge in [0.1, 0.15) is 12.4 Å². The molecule has 0 saturated carbocycles. The van der Waals surface area contributed by atoms with Crippen molar-refractivity contribution in [1.29, 1.82) is 0 Å². The van der Waals surface area contributed by atoms with Crippen molar-refractivity contribution in [2.24, 2.45) is 5.73 Å². The molecule has 2 nitrogen and oxygen atoms in total. The highest BCUT2D eigenvalue weighted by molar-refractivity contribution is 9.10. The fourth-order valence-corrected chi connectivity index (χ4v) is 2.89. The first-order chi connectivity index (χ1) is 8.65. The maximum absolute atomic E-state index is 5.79. The van der Waals surface area contributed by atoms with Crippen LogP contribution in [0.2, 0.25) is 0 Å². The molecule has 1 heterocycles. The van der Waals surface area contributed by atoms with Gasteiger partial charge in [0.05, 0.1) is 4.47 Å². The second-order valence-corrected chi connectivity index (χ2v) is 6.00. The van der Waals surface area contributed by atoms with Crippen molar-refractivity contribution in [3.63, 3.8) is 0 Å². The van der Waals surface area contributed by atoms with E-state index in [0.29, 0.717) is 6.61 Å². The maximum Gasteiger partial charge on any atom is 0.134 e. The highest BCUT2D eigenvalue weighted by atomic mass is 79.9. The van der Waals surface area contributed by atoms with Gasteiger partial charge in [0.2, 0.25) is 0 Å². The molecule has 0 radical (unpaired) electrons. The molecule has 96 valence electrons. The third-order valence-electron chi connectivity index (χ3n) is 2.53. The summed E-state index contributed by atoms with van der Waals surface area (Å²) in [5.41, 5.74) is 8.21. The fraction of sp³-hybridized carbons (Fsp3) is 0.286. The average Bonchev–Trinajstić information content (AvgIpc) is 2.80. The lowest BCUT2D eigenvalue weighted by molar-refractivity contribution is 0.304. The Bertz CT molecular complexity index is 497. The van der Waals surface area contributed by atoms with E-state index in [1.165, 1.54) is 11.1 Å². The predicted molar refractivity (Wildman–Crippen MR) is 80.1 cm³/mol.